The highest BCUT2D eigenvalue weighted by Gasteiger charge is 2.04. The van der Waals surface area contributed by atoms with E-state index in [4.69, 9.17) is 0 Å². The summed E-state index contributed by atoms with van der Waals surface area (Å²) in [5.74, 6) is -0.384. The van der Waals surface area contributed by atoms with Crippen molar-refractivity contribution in [3.8, 4) is 0 Å². The minimum atomic E-state index is -0.227. The molecule has 5 heteroatoms. The van der Waals surface area contributed by atoms with Crippen molar-refractivity contribution in [3.05, 3.63) is 29.8 Å². The fourth-order valence-electron chi connectivity index (χ4n) is 1.18. The van der Waals surface area contributed by atoms with Gasteiger partial charge >= 0.3 is 0 Å². The summed E-state index contributed by atoms with van der Waals surface area (Å²) in [5.41, 5.74) is 1.18. The normalized spacial score (nSPS) is 9.62. The first-order chi connectivity index (χ1) is 7.67. The molecule has 0 aliphatic carbocycles. The largest absolute Gasteiger partial charge is 0.375 e. The molecule has 2 N–H and O–H groups in total. The Labute approximate surface area is 93.8 Å². The summed E-state index contributed by atoms with van der Waals surface area (Å²) in [6, 6.07) is 6.61. The molecule has 2 amide bonds. The molecule has 1 aromatic carbocycles. The van der Waals surface area contributed by atoms with Crippen LogP contribution in [0.4, 0.5) is 5.69 Å². The van der Waals surface area contributed by atoms with Crippen LogP contribution in [-0.2, 0) is 9.53 Å². The second kappa shape index (κ2) is 5.87. The molecular weight excluding hydrogens is 208 g/mol. The molecule has 5 nitrogen and oxygen atoms in total. The molecule has 0 radical (unpaired) electrons. The average molecular weight is 222 g/mol. The van der Waals surface area contributed by atoms with Gasteiger partial charge in [-0.3, -0.25) is 9.59 Å². The third kappa shape index (κ3) is 3.36. The lowest BCUT2D eigenvalue weighted by Gasteiger charge is -2.05. The lowest BCUT2D eigenvalue weighted by atomic mass is 10.2. The number of methoxy groups -OCH3 is 1. The van der Waals surface area contributed by atoms with Crippen molar-refractivity contribution in [3.63, 3.8) is 0 Å². The van der Waals surface area contributed by atoms with Crippen LogP contribution in [0.3, 0.4) is 0 Å². The molecular formula is C11H14N2O3. The number of anilines is 1. The number of benzene rings is 1. The average Bonchev–Trinajstić information content (AvgIpc) is 2.29. The molecule has 86 valence electrons. The van der Waals surface area contributed by atoms with E-state index < -0.39 is 0 Å². The molecule has 0 heterocycles. The van der Waals surface area contributed by atoms with E-state index in [1.165, 1.54) is 7.11 Å². The summed E-state index contributed by atoms with van der Waals surface area (Å²) in [6.45, 7) is 0.0111. The molecule has 16 heavy (non-hydrogen) atoms. The van der Waals surface area contributed by atoms with Gasteiger partial charge in [0.2, 0.25) is 5.91 Å². The van der Waals surface area contributed by atoms with Gasteiger partial charge in [0.15, 0.2) is 0 Å². The Morgan fingerprint density at radius 1 is 1.25 bits per heavy atom. The molecule has 0 saturated heterocycles. The van der Waals surface area contributed by atoms with E-state index in [2.05, 4.69) is 15.4 Å². The number of rotatable bonds is 4. The Hall–Kier alpha value is -1.88. The fraction of sp³-hybridized carbons (Fsp3) is 0.273. The van der Waals surface area contributed by atoms with Crippen molar-refractivity contribution in [2.75, 3.05) is 26.1 Å². The fourth-order valence-corrected chi connectivity index (χ4v) is 1.18. The van der Waals surface area contributed by atoms with Gasteiger partial charge in [-0.1, -0.05) is 0 Å². The maximum Gasteiger partial charge on any atom is 0.251 e. The van der Waals surface area contributed by atoms with Gasteiger partial charge in [-0.15, -0.1) is 0 Å². The van der Waals surface area contributed by atoms with Gasteiger partial charge in [0, 0.05) is 25.4 Å². The van der Waals surface area contributed by atoms with Gasteiger partial charge in [0.1, 0.15) is 6.61 Å². The van der Waals surface area contributed by atoms with E-state index >= 15 is 0 Å². The van der Waals surface area contributed by atoms with Crippen LogP contribution < -0.4 is 10.6 Å². The zero-order valence-electron chi connectivity index (χ0n) is 9.24. The number of ether oxygens (including phenoxy) is 1. The molecule has 0 unspecified atom stereocenters. The topological polar surface area (TPSA) is 67.4 Å². The predicted molar refractivity (Wildman–Crippen MR) is 60.3 cm³/mol. The third-order valence-corrected chi connectivity index (χ3v) is 1.93. The van der Waals surface area contributed by atoms with Crippen molar-refractivity contribution in [1.82, 2.24) is 5.32 Å². The molecule has 1 aromatic rings. The number of hydrogen-bond donors (Lipinski definition) is 2. The summed E-state index contributed by atoms with van der Waals surface area (Å²) in [4.78, 5) is 22.4. The van der Waals surface area contributed by atoms with E-state index in [0.717, 1.165) is 0 Å². The Morgan fingerprint density at radius 2 is 1.88 bits per heavy atom. The minimum absolute atomic E-state index is 0.0111. The maximum atomic E-state index is 11.2. The summed E-state index contributed by atoms with van der Waals surface area (Å²) < 4.78 is 4.68. The molecule has 0 atom stereocenters. The maximum absolute atomic E-state index is 11.2. The minimum Gasteiger partial charge on any atom is -0.375 e. The number of carbonyl (C=O) groups excluding carboxylic acids is 2. The molecule has 1 rings (SSSR count). The Kier molecular flexibility index (Phi) is 4.47. The van der Waals surface area contributed by atoms with Crippen molar-refractivity contribution >= 4 is 17.5 Å². The number of carbonyl (C=O) groups is 2. The highest BCUT2D eigenvalue weighted by Crippen LogP contribution is 2.09. The van der Waals surface area contributed by atoms with Crippen molar-refractivity contribution < 1.29 is 14.3 Å². The van der Waals surface area contributed by atoms with Gasteiger partial charge in [-0.2, -0.15) is 0 Å². The lowest BCUT2D eigenvalue weighted by molar-refractivity contribution is -0.119. The zero-order chi connectivity index (χ0) is 12.0. The summed E-state index contributed by atoms with van der Waals surface area (Å²) >= 11 is 0. The Morgan fingerprint density at radius 3 is 2.38 bits per heavy atom. The Balaban J connectivity index is 2.64. The number of nitrogens with one attached hydrogen (secondary N) is 2. The highest BCUT2D eigenvalue weighted by atomic mass is 16.5. The summed E-state index contributed by atoms with van der Waals surface area (Å²) in [6.07, 6.45) is 0. The van der Waals surface area contributed by atoms with Crippen LogP contribution in [0.2, 0.25) is 0 Å². The van der Waals surface area contributed by atoms with Crippen molar-refractivity contribution in [1.29, 1.82) is 0 Å². The summed E-state index contributed by atoms with van der Waals surface area (Å²) in [5, 5.41) is 5.15. The molecule has 0 saturated carbocycles. The highest BCUT2D eigenvalue weighted by molar-refractivity contribution is 5.95. The molecule has 0 bridgehead atoms. The van der Waals surface area contributed by atoms with Crippen LogP contribution in [0.25, 0.3) is 0 Å². The number of hydrogen-bond acceptors (Lipinski definition) is 3. The molecule has 0 spiro atoms. The van der Waals surface area contributed by atoms with Gasteiger partial charge < -0.3 is 15.4 Å². The number of amides is 2. The van der Waals surface area contributed by atoms with E-state index in [0.29, 0.717) is 11.3 Å². The van der Waals surface area contributed by atoms with Gasteiger partial charge in [-0.25, -0.2) is 0 Å². The van der Waals surface area contributed by atoms with Crippen LogP contribution in [0.5, 0.6) is 0 Å². The van der Waals surface area contributed by atoms with Crippen molar-refractivity contribution in [2.24, 2.45) is 0 Å². The van der Waals surface area contributed by atoms with Gasteiger partial charge in [0.05, 0.1) is 0 Å². The van der Waals surface area contributed by atoms with E-state index in [9.17, 15) is 9.59 Å². The first-order valence-electron chi connectivity index (χ1n) is 4.78. The van der Waals surface area contributed by atoms with Gasteiger partial charge in [-0.05, 0) is 24.3 Å². The molecule has 0 aliphatic heterocycles. The van der Waals surface area contributed by atoms with Crippen LogP contribution >= 0.6 is 0 Å². The Bertz CT molecular complexity index is 373. The van der Waals surface area contributed by atoms with Crippen LogP contribution in [0.1, 0.15) is 10.4 Å². The standard InChI is InChI=1S/C11H14N2O3/c1-12-11(15)8-3-5-9(6-4-8)13-10(14)7-16-2/h3-6H,7H2,1-2H3,(H,12,15)(H,13,14). The van der Waals surface area contributed by atoms with Gasteiger partial charge in [0.25, 0.3) is 5.91 Å². The van der Waals surface area contributed by atoms with Crippen LogP contribution in [-0.4, -0.2) is 32.6 Å². The lowest BCUT2D eigenvalue weighted by Crippen LogP contribution is -2.19. The van der Waals surface area contributed by atoms with Crippen molar-refractivity contribution in [2.45, 2.75) is 0 Å². The first-order valence-corrected chi connectivity index (χ1v) is 4.78. The molecule has 0 aromatic heterocycles. The zero-order valence-corrected chi connectivity index (χ0v) is 9.24. The smallest absolute Gasteiger partial charge is 0.251 e. The summed E-state index contributed by atoms with van der Waals surface area (Å²) in [7, 11) is 3.02. The monoisotopic (exact) mass is 222 g/mol. The molecule has 0 aliphatic rings. The first kappa shape index (κ1) is 12.2. The predicted octanol–water partition coefficient (Wildman–Crippen LogP) is 0.631. The van der Waals surface area contributed by atoms with E-state index in [1.807, 2.05) is 0 Å². The van der Waals surface area contributed by atoms with E-state index in [1.54, 1.807) is 31.3 Å². The van der Waals surface area contributed by atoms with E-state index in [-0.39, 0.29) is 18.4 Å². The second-order valence-corrected chi connectivity index (χ2v) is 3.14. The second-order valence-electron chi connectivity index (χ2n) is 3.14. The quantitative estimate of drug-likeness (QED) is 0.785. The third-order valence-electron chi connectivity index (χ3n) is 1.93. The SMILES string of the molecule is CNC(=O)c1ccc(NC(=O)COC)cc1. The van der Waals surface area contributed by atoms with Crippen LogP contribution in [0, 0.1) is 0 Å². The van der Waals surface area contributed by atoms with Crippen LogP contribution in [0.15, 0.2) is 24.3 Å². The molecule has 0 fully saturated rings.